The van der Waals surface area contributed by atoms with Gasteiger partial charge in [-0.25, -0.2) is 4.79 Å². The number of ether oxygens (including phenoxy) is 1. The third-order valence-electron chi connectivity index (χ3n) is 3.29. The van der Waals surface area contributed by atoms with E-state index in [1.165, 1.54) is 12.3 Å². The van der Waals surface area contributed by atoms with Gasteiger partial charge in [0.05, 0.1) is 6.26 Å². The highest BCUT2D eigenvalue weighted by molar-refractivity contribution is 6.03. The first-order valence-electron chi connectivity index (χ1n) is 8.22. The fourth-order valence-electron chi connectivity index (χ4n) is 2.17. The molecule has 0 bridgehead atoms. The average Bonchev–Trinajstić information content (AvgIpc) is 3.26. The number of hydrogen-bond donors (Lipinski definition) is 2. The zero-order valence-electron chi connectivity index (χ0n) is 15.1. The van der Waals surface area contributed by atoms with Crippen molar-refractivity contribution in [2.75, 3.05) is 10.6 Å². The van der Waals surface area contributed by atoms with Crippen LogP contribution in [0.15, 0.2) is 57.7 Å². The molecule has 0 aliphatic heterocycles. The summed E-state index contributed by atoms with van der Waals surface area (Å²) in [4.78, 5) is 24.0. The third kappa shape index (κ3) is 4.97. The van der Waals surface area contributed by atoms with Gasteiger partial charge in [-0.1, -0.05) is 5.16 Å². The molecule has 0 radical (unpaired) electrons. The van der Waals surface area contributed by atoms with Crippen LogP contribution in [0.2, 0.25) is 0 Å². The Morgan fingerprint density at radius 3 is 2.26 bits per heavy atom. The Morgan fingerprint density at radius 1 is 1.00 bits per heavy atom. The van der Waals surface area contributed by atoms with Gasteiger partial charge in [-0.15, -0.1) is 0 Å². The second-order valence-electron chi connectivity index (χ2n) is 6.71. The maximum atomic E-state index is 12.3. The summed E-state index contributed by atoms with van der Waals surface area (Å²) < 4.78 is 15.5. The maximum absolute atomic E-state index is 12.3. The molecule has 0 saturated heterocycles. The quantitative estimate of drug-likeness (QED) is 0.699. The smallest absolute Gasteiger partial charge is 0.412 e. The van der Waals surface area contributed by atoms with Gasteiger partial charge < -0.3 is 19.0 Å². The molecule has 2 amide bonds. The molecule has 8 nitrogen and oxygen atoms in total. The molecule has 0 atom stereocenters. The predicted molar refractivity (Wildman–Crippen MR) is 98.5 cm³/mol. The first-order chi connectivity index (χ1) is 12.8. The van der Waals surface area contributed by atoms with Crippen LogP contribution in [0.5, 0.6) is 0 Å². The number of anilines is 2. The lowest BCUT2D eigenvalue weighted by Gasteiger charge is -2.19. The first kappa shape index (κ1) is 18.2. The number of nitrogens with one attached hydrogen (secondary N) is 2. The summed E-state index contributed by atoms with van der Waals surface area (Å²) in [5, 5.41) is 9.06. The van der Waals surface area contributed by atoms with E-state index in [0.29, 0.717) is 22.9 Å². The molecule has 0 fully saturated rings. The van der Waals surface area contributed by atoms with Crippen LogP contribution in [0.3, 0.4) is 0 Å². The normalized spacial score (nSPS) is 11.1. The fraction of sp³-hybridized carbons (Fsp3) is 0.211. The van der Waals surface area contributed by atoms with E-state index in [1.54, 1.807) is 57.2 Å². The minimum Gasteiger partial charge on any atom is -0.461 e. The van der Waals surface area contributed by atoms with Crippen LogP contribution in [0, 0.1) is 0 Å². The van der Waals surface area contributed by atoms with Crippen molar-refractivity contribution in [1.29, 1.82) is 0 Å². The van der Waals surface area contributed by atoms with Gasteiger partial charge in [0.2, 0.25) is 5.76 Å². The summed E-state index contributed by atoms with van der Waals surface area (Å²) in [5.74, 6) is 0.422. The Morgan fingerprint density at radius 2 is 1.67 bits per heavy atom. The Kier molecular flexibility index (Phi) is 4.98. The van der Waals surface area contributed by atoms with Crippen LogP contribution in [0.25, 0.3) is 11.5 Å². The highest BCUT2D eigenvalue weighted by atomic mass is 16.6. The molecular weight excluding hydrogens is 350 g/mol. The molecule has 1 aromatic carbocycles. The van der Waals surface area contributed by atoms with Crippen LogP contribution in [-0.2, 0) is 4.74 Å². The van der Waals surface area contributed by atoms with Gasteiger partial charge in [-0.05, 0) is 57.2 Å². The monoisotopic (exact) mass is 369 g/mol. The second-order valence-corrected chi connectivity index (χ2v) is 6.71. The molecule has 3 aromatic rings. The standard InChI is InChI=1S/C19H19N3O5/c1-19(2,3)26-18(24)21-13-8-6-12(7-9-13)20-17(23)14-11-16(27-22-14)15-5-4-10-25-15/h4-11H,1-3H3,(H,20,23)(H,21,24). The fourth-order valence-corrected chi connectivity index (χ4v) is 2.17. The number of benzene rings is 1. The molecule has 0 spiro atoms. The molecule has 2 N–H and O–H groups in total. The lowest BCUT2D eigenvalue weighted by Crippen LogP contribution is -2.27. The number of carbonyl (C=O) groups excluding carboxylic acids is 2. The van der Waals surface area contributed by atoms with Gasteiger partial charge in [0.15, 0.2) is 11.5 Å². The van der Waals surface area contributed by atoms with E-state index >= 15 is 0 Å². The van der Waals surface area contributed by atoms with Crippen LogP contribution in [0.4, 0.5) is 16.2 Å². The number of nitrogens with zero attached hydrogens (tertiary/aromatic N) is 1. The minimum absolute atomic E-state index is 0.123. The van der Waals surface area contributed by atoms with E-state index in [4.69, 9.17) is 13.7 Å². The van der Waals surface area contributed by atoms with Gasteiger partial charge in [0, 0.05) is 17.4 Å². The number of amides is 2. The number of furan rings is 1. The van der Waals surface area contributed by atoms with Crippen molar-refractivity contribution in [1.82, 2.24) is 5.16 Å². The van der Waals surface area contributed by atoms with Crippen molar-refractivity contribution in [3.8, 4) is 11.5 Å². The van der Waals surface area contributed by atoms with E-state index in [9.17, 15) is 9.59 Å². The van der Waals surface area contributed by atoms with Crippen LogP contribution < -0.4 is 10.6 Å². The lowest BCUT2D eigenvalue weighted by atomic mass is 10.2. The van der Waals surface area contributed by atoms with Gasteiger partial charge in [0.1, 0.15) is 5.60 Å². The maximum Gasteiger partial charge on any atom is 0.412 e. The molecule has 140 valence electrons. The Hall–Kier alpha value is -3.55. The summed E-state index contributed by atoms with van der Waals surface area (Å²) >= 11 is 0. The van der Waals surface area contributed by atoms with Crippen LogP contribution in [0.1, 0.15) is 31.3 Å². The molecule has 0 aliphatic rings. The predicted octanol–water partition coefficient (Wildman–Crippen LogP) is 4.53. The van der Waals surface area contributed by atoms with E-state index in [1.807, 2.05) is 0 Å². The average molecular weight is 369 g/mol. The zero-order valence-corrected chi connectivity index (χ0v) is 15.1. The topological polar surface area (TPSA) is 107 Å². The summed E-state index contributed by atoms with van der Waals surface area (Å²) in [6.45, 7) is 5.35. The zero-order chi connectivity index (χ0) is 19.4. The number of aromatic nitrogens is 1. The first-order valence-corrected chi connectivity index (χ1v) is 8.22. The second kappa shape index (κ2) is 7.36. The molecule has 2 aromatic heterocycles. The lowest BCUT2D eigenvalue weighted by molar-refractivity contribution is 0.0635. The number of carbonyl (C=O) groups is 2. The minimum atomic E-state index is -0.579. The van der Waals surface area contributed by atoms with Gasteiger partial charge in [-0.2, -0.15) is 0 Å². The van der Waals surface area contributed by atoms with Crippen molar-refractivity contribution >= 4 is 23.4 Å². The Labute approximate surface area is 155 Å². The molecule has 3 rings (SSSR count). The van der Waals surface area contributed by atoms with E-state index in [0.717, 1.165) is 0 Å². The van der Waals surface area contributed by atoms with Gasteiger partial charge in [-0.3, -0.25) is 10.1 Å². The highest BCUT2D eigenvalue weighted by Crippen LogP contribution is 2.21. The number of hydrogen-bond acceptors (Lipinski definition) is 6. The Balaban J connectivity index is 1.59. The van der Waals surface area contributed by atoms with E-state index in [-0.39, 0.29) is 5.69 Å². The number of rotatable bonds is 4. The molecule has 0 unspecified atom stereocenters. The van der Waals surface area contributed by atoms with Gasteiger partial charge in [0.25, 0.3) is 5.91 Å². The highest BCUT2D eigenvalue weighted by Gasteiger charge is 2.17. The van der Waals surface area contributed by atoms with Crippen molar-refractivity contribution < 1.29 is 23.3 Å². The van der Waals surface area contributed by atoms with Crippen LogP contribution >= 0.6 is 0 Å². The Bertz CT molecular complexity index is 921. The summed E-state index contributed by atoms with van der Waals surface area (Å²) in [6, 6.07) is 11.5. The van der Waals surface area contributed by atoms with Crippen molar-refractivity contribution in [3.05, 3.63) is 54.4 Å². The van der Waals surface area contributed by atoms with Crippen molar-refractivity contribution in [2.24, 2.45) is 0 Å². The summed E-state index contributed by atoms with van der Waals surface area (Å²) in [6.07, 6.45) is 0.956. The molecule has 2 heterocycles. The summed E-state index contributed by atoms with van der Waals surface area (Å²) in [5.41, 5.74) is 0.628. The third-order valence-corrected chi connectivity index (χ3v) is 3.29. The SMILES string of the molecule is CC(C)(C)OC(=O)Nc1ccc(NC(=O)c2cc(-c3ccco3)on2)cc1. The van der Waals surface area contributed by atoms with Crippen molar-refractivity contribution in [2.45, 2.75) is 26.4 Å². The van der Waals surface area contributed by atoms with E-state index in [2.05, 4.69) is 15.8 Å². The summed E-state index contributed by atoms with van der Waals surface area (Å²) in [7, 11) is 0. The van der Waals surface area contributed by atoms with Crippen LogP contribution in [-0.4, -0.2) is 22.8 Å². The van der Waals surface area contributed by atoms with E-state index < -0.39 is 17.6 Å². The molecule has 27 heavy (non-hydrogen) atoms. The largest absolute Gasteiger partial charge is 0.461 e. The molecule has 0 saturated carbocycles. The van der Waals surface area contributed by atoms with Gasteiger partial charge >= 0.3 is 6.09 Å². The van der Waals surface area contributed by atoms with Crippen molar-refractivity contribution in [3.63, 3.8) is 0 Å². The molecule has 8 heteroatoms. The molecular formula is C19H19N3O5. The molecule has 0 aliphatic carbocycles.